The Labute approximate surface area is 161 Å². The molecule has 0 spiro atoms. The highest BCUT2D eigenvalue weighted by Crippen LogP contribution is 2.43. The first kappa shape index (κ1) is 18.6. The maximum atomic E-state index is 13.0. The van der Waals surface area contributed by atoms with Crippen molar-refractivity contribution >= 4 is 21.8 Å². The van der Waals surface area contributed by atoms with E-state index in [-0.39, 0.29) is 11.4 Å². The van der Waals surface area contributed by atoms with Gasteiger partial charge < -0.3 is 19.5 Å². The maximum Gasteiger partial charge on any atom is 0.252 e. The van der Waals surface area contributed by atoms with Gasteiger partial charge >= 0.3 is 0 Å². The van der Waals surface area contributed by atoms with Gasteiger partial charge in [0.15, 0.2) is 11.5 Å². The quantitative estimate of drug-likeness (QED) is 0.758. The summed E-state index contributed by atoms with van der Waals surface area (Å²) in [5.41, 5.74) is 1.25. The molecule has 26 heavy (non-hydrogen) atoms. The summed E-state index contributed by atoms with van der Waals surface area (Å²) in [6, 6.07) is 11.4. The van der Waals surface area contributed by atoms with Crippen LogP contribution in [-0.2, 0) is 5.54 Å². The lowest BCUT2D eigenvalue weighted by Crippen LogP contribution is -2.50. The average Bonchev–Trinajstić information content (AvgIpc) is 2.63. The van der Waals surface area contributed by atoms with Gasteiger partial charge in [0.1, 0.15) is 0 Å². The lowest BCUT2D eigenvalue weighted by Gasteiger charge is -2.43. The molecular weight excluding hydrogens is 398 g/mol. The molecule has 1 amide bonds. The van der Waals surface area contributed by atoms with Crippen molar-refractivity contribution < 1.29 is 19.0 Å². The number of hydrogen-bond acceptors (Lipinski definition) is 4. The van der Waals surface area contributed by atoms with Crippen molar-refractivity contribution in [3.05, 3.63) is 52.0 Å². The van der Waals surface area contributed by atoms with Crippen LogP contribution in [0.15, 0.2) is 40.9 Å². The molecule has 2 aromatic rings. The number of ether oxygens (including phenoxy) is 3. The van der Waals surface area contributed by atoms with E-state index in [1.54, 1.807) is 12.1 Å². The molecule has 0 heterocycles. The zero-order chi connectivity index (χ0) is 18.7. The molecule has 0 bridgehead atoms. The number of benzene rings is 2. The molecule has 1 aliphatic carbocycles. The molecule has 1 saturated carbocycles. The molecule has 1 N–H and O–H groups in total. The van der Waals surface area contributed by atoms with Crippen LogP contribution in [0.3, 0.4) is 0 Å². The van der Waals surface area contributed by atoms with Crippen molar-refractivity contribution in [2.45, 2.75) is 24.8 Å². The monoisotopic (exact) mass is 419 g/mol. The van der Waals surface area contributed by atoms with Gasteiger partial charge in [-0.05, 0) is 49.1 Å². The Morgan fingerprint density at radius 3 is 2.15 bits per heavy atom. The molecule has 2 aromatic carbocycles. The number of carbonyl (C=O) groups excluding carboxylic acids is 1. The molecule has 3 rings (SSSR count). The number of hydrogen-bond donors (Lipinski definition) is 1. The normalized spacial score (nSPS) is 14.9. The smallest absolute Gasteiger partial charge is 0.252 e. The van der Waals surface area contributed by atoms with Crippen LogP contribution in [0.25, 0.3) is 0 Å². The van der Waals surface area contributed by atoms with Gasteiger partial charge in [0.05, 0.1) is 26.9 Å². The van der Waals surface area contributed by atoms with Crippen LogP contribution >= 0.6 is 15.9 Å². The predicted octanol–water partition coefficient (Wildman–Crippen LogP) is 4.28. The summed E-state index contributed by atoms with van der Waals surface area (Å²) in [5, 5.41) is 3.22. The van der Waals surface area contributed by atoms with Gasteiger partial charge in [-0.2, -0.15) is 0 Å². The van der Waals surface area contributed by atoms with Crippen molar-refractivity contribution in [3.63, 3.8) is 0 Å². The second-order valence-electron chi connectivity index (χ2n) is 6.31. The van der Waals surface area contributed by atoms with Gasteiger partial charge in [-0.3, -0.25) is 4.79 Å². The fourth-order valence-corrected chi connectivity index (χ4v) is 3.70. The SMILES string of the molecule is COc1cc(C(=O)NC2(c3cccc(Br)c3)CCC2)cc(OC)c1OC. The molecule has 1 fully saturated rings. The number of methoxy groups -OCH3 is 3. The fourth-order valence-electron chi connectivity index (χ4n) is 3.30. The number of carbonyl (C=O) groups is 1. The van der Waals surface area contributed by atoms with E-state index in [0.717, 1.165) is 29.3 Å². The summed E-state index contributed by atoms with van der Waals surface area (Å²) in [4.78, 5) is 13.0. The van der Waals surface area contributed by atoms with Gasteiger partial charge in [-0.25, -0.2) is 0 Å². The summed E-state index contributed by atoms with van der Waals surface area (Å²) in [5.74, 6) is 1.23. The Hall–Kier alpha value is -2.21. The number of nitrogens with one attached hydrogen (secondary N) is 1. The highest BCUT2D eigenvalue weighted by Gasteiger charge is 2.40. The molecular formula is C20H22BrNO4. The second kappa shape index (κ2) is 7.58. The molecule has 138 valence electrons. The topological polar surface area (TPSA) is 56.8 Å². The van der Waals surface area contributed by atoms with Gasteiger partial charge in [-0.1, -0.05) is 28.1 Å². The molecule has 0 atom stereocenters. The Morgan fingerprint density at radius 2 is 1.69 bits per heavy atom. The third-order valence-corrected chi connectivity index (χ3v) is 5.36. The predicted molar refractivity (Wildman–Crippen MR) is 103 cm³/mol. The standard InChI is InChI=1S/C20H22BrNO4/c1-24-16-10-13(11-17(25-2)18(16)26-3)19(23)22-20(8-5-9-20)14-6-4-7-15(21)12-14/h4,6-7,10-12H,5,8-9H2,1-3H3,(H,22,23). The number of rotatable bonds is 6. The lowest BCUT2D eigenvalue weighted by atomic mass is 9.71. The van der Waals surface area contributed by atoms with Gasteiger partial charge in [0, 0.05) is 10.0 Å². The van der Waals surface area contributed by atoms with E-state index in [9.17, 15) is 4.79 Å². The van der Waals surface area contributed by atoms with E-state index in [1.807, 2.05) is 12.1 Å². The van der Waals surface area contributed by atoms with Crippen LogP contribution in [0.5, 0.6) is 17.2 Å². The summed E-state index contributed by atoms with van der Waals surface area (Å²) in [6.45, 7) is 0. The summed E-state index contributed by atoms with van der Waals surface area (Å²) >= 11 is 3.51. The summed E-state index contributed by atoms with van der Waals surface area (Å²) < 4.78 is 17.0. The molecule has 5 nitrogen and oxygen atoms in total. The highest BCUT2D eigenvalue weighted by atomic mass is 79.9. The first-order valence-electron chi connectivity index (χ1n) is 8.41. The molecule has 1 aliphatic rings. The van der Waals surface area contributed by atoms with E-state index < -0.39 is 0 Å². The first-order chi connectivity index (χ1) is 12.5. The molecule has 0 aliphatic heterocycles. The fraction of sp³-hybridized carbons (Fsp3) is 0.350. The third-order valence-electron chi connectivity index (χ3n) is 4.86. The van der Waals surface area contributed by atoms with E-state index in [0.29, 0.717) is 22.8 Å². The van der Waals surface area contributed by atoms with E-state index in [2.05, 4.69) is 33.4 Å². The van der Waals surface area contributed by atoms with Crippen LogP contribution in [0.2, 0.25) is 0 Å². The average molecular weight is 420 g/mol. The Bertz CT molecular complexity index is 792. The summed E-state index contributed by atoms with van der Waals surface area (Å²) in [6.07, 6.45) is 2.92. The second-order valence-corrected chi connectivity index (χ2v) is 7.23. The summed E-state index contributed by atoms with van der Waals surface area (Å²) in [7, 11) is 4.61. The highest BCUT2D eigenvalue weighted by molar-refractivity contribution is 9.10. The van der Waals surface area contributed by atoms with Crippen molar-refractivity contribution in [2.24, 2.45) is 0 Å². The van der Waals surface area contributed by atoms with Crippen LogP contribution in [0.1, 0.15) is 35.2 Å². The Morgan fingerprint density at radius 1 is 1.04 bits per heavy atom. The van der Waals surface area contributed by atoms with Gasteiger partial charge in [-0.15, -0.1) is 0 Å². The van der Waals surface area contributed by atoms with Crippen LogP contribution in [-0.4, -0.2) is 27.2 Å². The number of halogens is 1. The van der Waals surface area contributed by atoms with Crippen LogP contribution in [0, 0.1) is 0 Å². The minimum atomic E-state index is -0.332. The van der Waals surface area contributed by atoms with Gasteiger partial charge in [0.25, 0.3) is 5.91 Å². The Kier molecular flexibility index (Phi) is 5.41. The van der Waals surface area contributed by atoms with Crippen molar-refractivity contribution in [3.8, 4) is 17.2 Å². The number of amides is 1. The zero-order valence-electron chi connectivity index (χ0n) is 15.1. The molecule has 0 unspecified atom stereocenters. The zero-order valence-corrected chi connectivity index (χ0v) is 16.7. The first-order valence-corrected chi connectivity index (χ1v) is 9.21. The molecule has 0 aromatic heterocycles. The van der Waals surface area contributed by atoms with Crippen LogP contribution < -0.4 is 19.5 Å². The molecule has 6 heteroatoms. The van der Waals surface area contributed by atoms with E-state index >= 15 is 0 Å². The van der Waals surface area contributed by atoms with E-state index in [1.165, 1.54) is 21.3 Å². The maximum absolute atomic E-state index is 13.0. The third kappa shape index (κ3) is 3.38. The molecule has 0 saturated heterocycles. The van der Waals surface area contributed by atoms with Crippen molar-refractivity contribution in [1.82, 2.24) is 5.32 Å². The van der Waals surface area contributed by atoms with Crippen molar-refractivity contribution in [1.29, 1.82) is 0 Å². The minimum Gasteiger partial charge on any atom is -0.493 e. The van der Waals surface area contributed by atoms with Crippen molar-refractivity contribution in [2.75, 3.05) is 21.3 Å². The Balaban J connectivity index is 1.92. The largest absolute Gasteiger partial charge is 0.493 e. The minimum absolute atomic E-state index is 0.163. The van der Waals surface area contributed by atoms with Crippen LogP contribution in [0.4, 0.5) is 0 Å². The molecule has 0 radical (unpaired) electrons. The van der Waals surface area contributed by atoms with Gasteiger partial charge in [0.2, 0.25) is 5.75 Å². The van der Waals surface area contributed by atoms with E-state index in [4.69, 9.17) is 14.2 Å². The lowest BCUT2D eigenvalue weighted by molar-refractivity contribution is 0.0822.